The first-order valence-electron chi connectivity index (χ1n) is 6.63. The highest BCUT2D eigenvalue weighted by Crippen LogP contribution is 2.42. The van der Waals surface area contributed by atoms with Gasteiger partial charge in [0.15, 0.2) is 16.9 Å². The number of nitrogens with one attached hydrogen (secondary N) is 1. The molecule has 1 aliphatic heterocycles. The van der Waals surface area contributed by atoms with Crippen LogP contribution in [0.3, 0.4) is 0 Å². The van der Waals surface area contributed by atoms with Crippen LogP contribution in [-0.2, 0) is 10.5 Å². The molecular weight excluding hydrogens is 294 g/mol. The number of rotatable bonds is 2. The molecule has 0 amide bonds. The van der Waals surface area contributed by atoms with Crippen LogP contribution in [0, 0.1) is 0 Å². The number of anilines is 1. The highest BCUT2D eigenvalue weighted by molar-refractivity contribution is 5.70. The minimum atomic E-state index is -1.47. The molecule has 6 N–H and O–H groups in total. The van der Waals surface area contributed by atoms with Gasteiger partial charge in [0.05, 0.1) is 12.9 Å². The van der Waals surface area contributed by atoms with E-state index in [0.717, 1.165) is 0 Å². The highest BCUT2D eigenvalue weighted by Gasteiger charge is 2.59. The first-order valence-corrected chi connectivity index (χ1v) is 6.63. The first-order chi connectivity index (χ1) is 10.2. The Morgan fingerprint density at radius 3 is 2.73 bits per heavy atom. The maximum atomic E-state index is 11.8. The summed E-state index contributed by atoms with van der Waals surface area (Å²) in [6.45, 7) is 2.48. The van der Waals surface area contributed by atoms with E-state index >= 15 is 0 Å². The van der Waals surface area contributed by atoms with Gasteiger partial charge in [-0.1, -0.05) is 0 Å². The van der Waals surface area contributed by atoms with Crippen molar-refractivity contribution in [1.29, 1.82) is 0 Å². The largest absolute Gasteiger partial charge is 0.393 e. The molecule has 3 rings (SSSR count). The SMILES string of the molecule is CC1(CO)OC(C)(n2cnc3c(=O)[nH]c(N)nc32)C(O)C1O. The number of nitrogens with zero attached hydrogens (tertiary/aromatic N) is 3. The molecule has 120 valence electrons. The van der Waals surface area contributed by atoms with Crippen molar-refractivity contribution in [1.82, 2.24) is 19.5 Å². The summed E-state index contributed by atoms with van der Waals surface area (Å²) in [5.74, 6) is -0.110. The Balaban J connectivity index is 2.21. The average molecular weight is 311 g/mol. The molecular formula is C12H17N5O5. The number of hydrogen-bond donors (Lipinski definition) is 5. The van der Waals surface area contributed by atoms with Crippen LogP contribution in [0.15, 0.2) is 11.1 Å². The predicted octanol–water partition coefficient (Wildman–Crippen LogP) is -2.12. The van der Waals surface area contributed by atoms with E-state index in [1.807, 2.05) is 0 Å². The summed E-state index contributed by atoms with van der Waals surface area (Å²) in [6.07, 6.45) is -1.44. The van der Waals surface area contributed by atoms with E-state index < -0.39 is 35.7 Å². The van der Waals surface area contributed by atoms with Crippen molar-refractivity contribution in [2.75, 3.05) is 12.3 Å². The van der Waals surface area contributed by atoms with Gasteiger partial charge in [0.2, 0.25) is 5.95 Å². The molecule has 0 radical (unpaired) electrons. The Morgan fingerprint density at radius 1 is 1.45 bits per heavy atom. The van der Waals surface area contributed by atoms with Gasteiger partial charge in [-0.2, -0.15) is 4.98 Å². The second-order valence-electron chi connectivity index (χ2n) is 5.76. The van der Waals surface area contributed by atoms with Gasteiger partial charge in [0.1, 0.15) is 17.8 Å². The van der Waals surface area contributed by atoms with E-state index in [0.29, 0.717) is 0 Å². The molecule has 1 fully saturated rings. The number of aromatic amines is 1. The number of hydrogen-bond acceptors (Lipinski definition) is 8. The van der Waals surface area contributed by atoms with E-state index in [1.165, 1.54) is 24.7 Å². The zero-order valence-electron chi connectivity index (χ0n) is 12.0. The molecule has 2 aromatic rings. The summed E-state index contributed by atoms with van der Waals surface area (Å²) in [7, 11) is 0. The second-order valence-corrected chi connectivity index (χ2v) is 5.76. The quantitative estimate of drug-likeness (QED) is 0.421. The first kappa shape index (κ1) is 14.9. The maximum Gasteiger partial charge on any atom is 0.280 e. The van der Waals surface area contributed by atoms with Crippen molar-refractivity contribution in [3.8, 4) is 0 Å². The number of ether oxygens (including phenoxy) is 1. The Labute approximate surface area is 124 Å². The minimum absolute atomic E-state index is 0.0262. The smallest absolute Gasteiger partial charge is 0.280 e. The number of imidazole rings is 1. The number of aromatic nitrogens is 4. The van der Waals surface area contributed by atoms with E-state index in [-0.39, 0.29) is 17.1 Å². The molecule has 2 aromatic heterocycles. The number of H-pyrrole nitrogens is 1. The van der Waals surface area contributed by atoms with Crippen LogP contribution in [0.25, 0.3) is 11.2 Å². The number of aliphatic hydroxyl groups excluding tert-OH is 3. The van der Waals surface area contributed by atoms with Crippen molar-refractivity contribution in [2.45, 2.75) is 37.4 Å². The van der Waals surface area contributed by atoms with Gasteiger partial charge < -0.3 is 25.8 Å². The van der Waals surface area contributed by atoms with Crippen LogP contribution < -0.4 is 11.3 Å². The maximum absolute atomic E-state index is 11.8. The Morgan fingerprint density at radius 2 is 2.14 bits per heavy atom. The molecule has 1 saturated heterocycles. The lowest BCUT2D eigenvalue weighted by molar-refractivity contribution is -0.171. The van der Waals surface area contributed by atoms with Crippen LogP contribution in [0.5, 0.6) is 0 Å². The van der Waals surface area contributed by atoms with Gasteiger partial charge in [-0.15, -0.1) is 0 Å². The second kappa shape index (κ2) is 4.49. The van der Waals surface area contributed by atoms with Gasteiger partial charge in [0, 0.05) is 0 Å². The van der Waals surface area contributed by atoms with Crippen LogP contribution in [0.2, 0.25) is 0 Å². The molecule has 10 nitrogen and oxygen atoms in total. The van der Waals surface area contributed by atoms with Gasteiger partial charge in [-0.25, -0.2) is 4.98 Å². The van der Waals surface area contributed by atoms with E-state index in [4.69, 9.17) is 10.5 Å². The lowest BCUT2D eigenvalue weighted by Crippen LogP contribution is -2.44. The van der Waals surface area contributed by atoms with Crippen LogP contribution in [0.4, 0.5) is 5.95 Å². The summed E-state index contributed by atoms with van der Waals surface area (Å²) in [4.78, 5) is 22.1. The monoisotopic (exact) mass is 311 g/mol. The fourth-order valence-corrected chi connectivity index (χ4v) is 2.79. The van der Waals surface area contributed by atoms with Crippen LogP contribution >= 0.6 is 0 Å². The summed E-state index contributed by atoms with van der Waals surface area (Å²) in [5.41, 5.74) is 2.31. The molecule has 0 saturated carbocycles. The molecule has 0 bridgehead atoms. The lowest BCUT2D eigenvalue weighted by Gasteiger charge is -2.31. The topological polar surface area (TPSA) is 160 Å². The molecule has 4 unspecified atom stereocenters. The van der Waals surface area contributed by atoms with Gasteiger partial charge in [-0.3, -0.25) is 14.3 Å². The van der Waals surface area contributed by atoms with Gasteiger partial charge >= 0.3 is 0 Å². The molecule has 10 heteroatoms. The lowest BCUT2D eigenvalue weighted by atomic mass is 9.96. The van der Waals surface area contributed by atoms with Crippen molar-refractivity contribution in [3.63, 3.8) is 0 Å². The summed E-state index contributed by atoms with van der Waals surface area (Å²) < 4.78 is 7.04. The third-order valence-electron chi connectivity index (χ3n) is 4.13. The van der Waals surface area contributed by atoms with Crippen molar-refractivity contribution in [3.05, 3.63) is 16.7 Å². The van der Waals surface area contributed by atoms with E-state index in [2.05, 4.69) is 15.0 Å². The van der Waals surface area contributed by atoms with Gasteiger partial charge in [0.25, 0.3) is 5.56 Å². The standard InChI is InChI=1S/C12H17N5O5/c1-11(3-18)6(19)7(20)12(2,22-11)17-4-14-5-8(17)15-10(13)16-9(5)21/h4,6-7,18-20H,3H2,1-2H3,(H3,13,15,16,21). The minimum Gasteiger partial charge on any atom is -0.393 e. The zero-order valence-corrected chi connectivity index (χ0v) is 12.0. The van der Waals surface area contributed by atoms with Crippen LogP contribution in [0.1, 0.15) is 13.8 Å². The molecule has 1 aliphatic rings. The van der Waals surface area contributed by atoms with E-state index in [1.54, 1.807) is 0 Å². The number of fused-ring (bicyclic) bond motifs is 1. The third-order valence-corrected chi connectivity index (χ3v) is 4.13. The molecule has 0 aromatic carbocycles. The predicted molar refractivity (Wildman–Crippen MR) is 74.8 cm³/mol. The number of aliphatic hydroxyl groups is 3. The van der Waals surface area contributed by atoms with E-state index in [9.17, 15) is 20.1 Å². The number of nitrogen functional groups attached to an aromatic ring is 1. The fraction of sp³-hybridized carbons (Fsp3) is 0.583. The summed E-state index contributed by atoms with van der Waals surface area (Å²) >= 11 is 0. The molecule has 0 aliphatic carbocycles. The van der Waals surface area contributed by atoms with Crippen molar-refractivity contribution < 1.29 is 20.1 Å². The van der Waals surface area contributed by atoms with Gasteiger partial charge in [-0.05, 0) is 13.8 Å². The third kappa shape index (κ3) is 1.78. The zero-order chi connectivity index (χ0) is 16.3. The number of nitrogens with two attached hydrogens (primary N) is 1. The molecule has 3 heterocycles. The van der Waals surface area contributed by atoms with Crippen molar-refractivity contribution >= 4 is 17.1 Å². The summed E-state index contributed by atoms with van der Waals surface area (Å²) in [5, 5.41) is 30.0. The van der Waals surface area contributed by atoms with Crippen LogP contribution in [-0.4, -0.2) is 59.3 Å². The fourth-order valence-electron chi connectivity index (χ4n) is 2.79. The normalized spacial score (nSPS) is 35.3. The van der Waals surface area contributed by atoms with Crippen molar-refractivity contribution in [2.24, 2.45) is 0 Å². The Bertz CT molecular complexity index is 788. The highest BCUT2D eigenvalue weighted by atomic mass is 16.6. The molecule has 4 atom stereocenters. The molecule has 22 heavy (non-hydrogen) atoms. The average Bonchev–Trinajstić information content (AvgIpc) is 2.95. The molecule has 0 spiro atoms. The Hall–Kier alpha value is -2.01. The summed E-state index contributed by atoms with van der Waals surface area (Å²) in [6, 6.07) is 0. The Kier molecular flexibility index (Phi) is 3.04.